The highest BCUT2D eigenvalue weighted by Crippen LogP contribution is 2.21. The predicted octanol–water partition coefficient (Wildman–Crippen LogP) is 2.28. The molecule has 0 heterocycles. The van der Waals surface area contributed by atoms with Crippen molar-refractivity contribution in [2.75, 3.05) is 12.4 Å². The molecule has 3 N–H and O–H groups in total. The Balaban J connectivity index is 2.10. The highest BCUT2D eigenvalue weighted by atomic mass is 16.5. The molecule has 17 heavy (non-hydrogen) atoms. The topological polar surface area (TPSA) is 59.2 Å². The first kappa shape index (κ1) is 11.1. The Morgan fingerprint density at radius 3 is 1.94 bits per heavy atom. The molecular formula is C13H14N3O+. The number of rotatable bonds is 4. The van der Waals surface area contributed by atoms with Crippen molar-refractivity contribution in [2.45, 2.75) is 0 Å². The van der Waals surface area contributed by atoms with Crippen LogP contribution in [-0.2, 0) is 0 Å². The van der Waals surface area contributed by atoms with Gasteiger partial charge in [-0.15, -0.1) is 0 Å². The fourth-order valence-corrected chi connectivity index (χ4v) is 1.47. The number of methoxy groups -OCH3 is 1. The second kappa shape index (κ2) is 5.12. The van der Waals surface area contributed by atoms with E-state index in [0.717, 1.165) is 22.8 Å². The summed E-state index contributed by atoms with van der Waals surface area (Å²) < 4.78 is 5.10. The van der Waals surface area contributed by atoms with Crippen LogP contribution in [0.3, 0.4) is 0 Å². The van der Waals surface area contributed by atoms with E-state index < -0.39 is 0 Å². The van der Waals surface area contributed by atoms with Gasteiger partial charge in [0, 0.05) is 11.4 Å². The van der Waals surface area contributed by atoms with Crippen molar-refractivity contribution in [3.05, 3.63) is 48.5 Å². The van der Waals surface area contributed by atoms with Crippen molar-refractivity contribution in [1.82, 2.24) is 0 Å². The predicted molar refractivity (Wildman–Crippen MR) is 66.7 cm³/mol. The first-order chi connectivity index (χ1) is 8.31. The minimum absolute atomic E-state index is 0.755. The van der Waals surface area contributed by atoms with Crippen molar-refractivity contribution < 1.29 is 10.3 Å². The van der Waals surface area contributed by atoms with Gasteiger partial charge in [0.05, 0.1) is 7.11 Å². The molecule has 0 aromatic heterocycles. The third-order valence-corrected chi connectivity index (χ3v) is 2.40. The maximum Gasteiger partial charge on any atom is 0.130 e. The molecule has 0 saturated carbocycles. The number of hydrogen-bond acceptors (Lipinski definition) is 3. The van der Waals surface area contributed by atoms with E-state index in [4.69, 9.17) is 10.3 Å². The van der Waals surface area contributed by atoms with Gasteiger partial charge in [-0.05, 0) is 53.6 Å². The van der Waals surface area contributed by atoms with Gasteiger partial charge < -0.3 is 10.1 Å². The Morgan fingerprint density at radius 1 is 0.941 bits per heavy atom. The second-order valence-electron chi connectivity index (χ2n) is 3.53. The smallest absolute Gasteiger partial charge is 0.130 e. The van der Waals surface area contributed by atoms with E-state index in [9.17, 15) is 0 Å². The van der Waals surface area contributed by atoms with Gasteiger partial charge in [-0.3, -0.25) is 0 Å². The molecular weight excluding hydrogens is 214 g/mol. The molecule has 0 bridgehead atoms. The Hall–Kier alpha value is -2.36. The molecule has 0 aliphatic carbocycles. The fraction of sp³-hybridized carbons (Fsp3) is 0.0769. The lowest BCUT2D eigenvalue weighted by atomic mass is 10.2. The van der Waals surface area contributed by atoms with Gasteiger partial charge in [-0.2, -0.15) is 5.53 Å². The molecule has 0 aliphatic heterocycles. The summed E-state index contributed by atoms with van der Waals surface area (Å²) in [4.78, 5) is 0. The van der Waals surface area contributed by atoms with Crippen molar-refractivity contribution in [3.8, 4) is 5.75 Å². The number of anilines is 2. The van der Waals surface area contributed by atoms with Gasteiger partial charge in [-0.25, -0.2) is 0 Å². The molecule has 4 heteroatoms. The number of hydrogen-bond donors (Lipinski definition) is 2. The lowest BCUT2D eigenvalue weighted by Gasteiger charge is -2.07. The molecule has 0 amide bonds. The molecule has 0 aliphatic rings. The zero-order chi connectivity index (χ0) is 12.1. The molecule has 0 spiro atoms. The summed E-state index contributed by atoms with van der Waals surface area (Å²) >= 11 is 0. The molecule has 0 unspecified atom stereocenters. The monoisotopic (exact) mass is 228 g/mol. The molecule has 0 fully saturated rings. The van der Waals surface area contributed by atoms with Gasteiger partial charge in [0.25, 0.3) is 0 Å². The van der Waals surface area contributed by atoms with Crippen LogP contribution in [0.25, 0.3) is 0 Å². The molecule has 0 saturated heterocycles. The van der Waals surface area contributed by atoms with E-state index >= 15 is 0 Å². The largest absolute Gasteiger partial charge is 0.497 e. The van der Waals surface area contributed by atoms with Gasteiger partial charge in [0.15, 0.2) is 0 Å². The average Bonchev–Trinajstić information content (AvgIpc) is 2.40. The van der Waals surface area contributed by atoms with Crippen LogP contribution in [0, 0.1) is 0 Å². The summed E-state index contributed by atoms with van der Waals surface area (Å²) in [6.07, 6.45) is 0. The van der Waals surface area contributed by atoms with Crippen LogP contribution in [0.1, 0.15) is 0 Å². The molecule has 2 aromatic carbocycles. The van der Waals surface area contributed by atoms with E-state index in [1.165, 1.54) is 0 Å². The van der Waals surface area contributed by atoms with E-state index in [-0.39, 0.29) is 0 Å². The van der Waals surface area contributed by atoms with Gasteiger partial charge >= 0.3 is 0 Å². The Bertz CT molecular complexity index is 491. The van der Waals surface area contributed by atoms with Crippen LogP contribution in [-0.4, -0.2) is 7.11 Å². The maximum atomic E-state index is 5.18. The van der Waals surface area contributed by atoms with Crippen LogP contribution in [0.2, 0.25) is 0 Å². The third kappa shape index (κ3) is 2.81. The summed E-state index contributed by atoms with van der Waals surface area (Å²) in [5, 5.41) is 6.87. The number of nitrogens with two attached hydrogens (primary N) is 1. The quantitative estimate of drug-likeness (QED) is 0.789. The number of ether oxygens (including phenoxy) is 1. The molecule has 0 atom stereocenters. The Kier molecular flexibility index (Phi) is 3.35. The van der Waals surface area contributed by atoms with E-state index in [1.54, 1.807) is 7.11 Å². The maximum absolute atomic E-state index is 5.18. The molecule has 86 valence electrons. The van der Waals surface area contributed by atoms with Crippen LogP contribution in [0.5, 0.6) is 5.75 Å². The minimum atomic E-state index is 0.755. The van der Waals surface area contributed by atoms with E-state index in [1.807, 2.05) is 48.5 Å². The van der Waals surface area contributed by atoms with E-state index in [2.05, 4.69) is 10.4 Å². The van der Waals surface area contributed by atoms with Crippen LogP contribution >= 0.6 is 0 Å². The number of nitrogens with one attached hydrogen (secondary N) is 1. The lowest BCUT2D eigenvalue weighted by molar-refractivity contribution is -0.210. The zero-order valence-electron chi connectivity index (χ0n) is 9.55. The zero-order valence-corrected chi connectivity index (χ0v) is 9.55. The Morgan fingerprint density at radius 2 is 1.47 bits per heavy atom. The first-order valence-electron chi connectivity index (χ1n) is 5.24. The summed E-state index contributed by atoms with van der Waals surface area (Å²) in [7, 11) is 1.65. The van der Waals surface area contributed by atoms with Crippen LogP contribution in [0.15, 0.2) is 53.6 Å². The van der Waals surface area contributed by atoms with Crippen molar-refractivity contribution >= 4 is 17.1 Å². The summed E-state index contributed by atoms with van der Waals surface area (Å²) in [5.41, 5.74) is 7.92. The van der Waals surface area contributed by atoms with Crippen LogP contribution in [0.4, 0.5) is 17.1 Å². The summed E-state index contributed by atoms with van der Waals surface area (Å²) in [6.45, 7) is 0. The summed E-state index contributed by atoms with van der Waals surface area (Å²) in [6, 6.07) is 15.3. The SMILES string of the molecule is COc1ccc(Nc2ccc(N=[NH2+])cc2)cc1. The minimum Gasteiger partial charge on any atom is -0.497 e. The lowest BCUT2D eigenvalue weighted by Crippen LogP contribution is -2.21. The molecule has 2 aromatic rings. The molecule has 4 nitrogen and oxygen atoms in total. The fourth-order valence-electron chi connectivity index (χ4n) is 1.47. The molecule has 0 radical (unpaired) electrons. The van der Waals surface area contributed by atoms with Gasteiger partial charge in [0.1, 0.15) is 11.4 Å². The van der Waals surface area contributed by atoms with Crippen LogP contribution < -0.4 is 15.6 Å². The summed E-state index contributed by atoms with van der Waals surface area (Å²) in [5.74, 6) is 0.841. The second-order valence-corrected chi connectivity index (χ2v) is 3.53. The standard InChI is InChI=1S/C13H13N3O/c1-17-13-8-6-11(7-9-13)15-10-2-4-12(16-14)5-3-10/h2-9,14-15H,1H3/p+1. The highest BCUT2D eigenvalue weighted by Gasteiger charge is 1.96. The average molecular weight is 228 g/mol. The van der Waals surface area contributed by atoms with Gasteiger partial charge in [-0.1, -0.05) is 0 Å². The first-order valence-corrected chi connectivity index (χ1v) is 5.24. The van der Waals surface area contributed by atoms with E-state index in [0.29, 0.717) is 0 Å². The number of nitrogens with zero attached hydrogens (tertiary/aromatic N) is 1. The highest BCUT2D eigenvalue weighted by molar-refractivity contribution is 5.62. The molecule has 2 rings (SSSR count). The Labute approximate surface area is 99.8 Å². The normalized spacial score (nSPS) is 9.71. The van der Waals surface area contributed by atoms with Crippen molar-refractivity contribution in [3.63, 3.8) is 0 Å². The third-order valence-electron chi connectivity index (χ3n) is 2.40. The van der Waals surface area contributed by atoms with Gasteiger partial charge in [0.2, 0.25) is 0 Å². The number of benzene rings is 2. The van der Waals surface area contributed by atoms with Crippen molar-refractivity contribution in [1.29, 1.82) is 0 Å². The van der Waals surface area contributed by atoms with Crippen molar-refractivity contribution in [2.24, 2.45) is 5.11 Å².